The molecule has 0 aromatic heterocycles. The average molecular weight is 1250 g/mol. The number of phosphoric ester groups is 1. The summed E-state index contributed by atoms with van der Waals surface area (Å²) in [6.07, 6.45) is 84.5. The van der Waals surface area contributed by atoms with Gasteiger partial charge < -0.3 is 19.4 Å². The molecule has 0 aliphatic rings. The van der Waals surface area contributed by atoms with Crippen molar-refractivity contribution in [1.29, 1.82) is 0 Å². The van der Waals surface area contributed by atoms with Crippen molar-refractivity contribution in [3.63, 3.8) is 0 Å². The number of hydrogen-bond acceptors (Lipinski definition) is 6. The minimum absolute atomic E-state index is 0.0434. The van der Waals surface area contributed by atoms with Crippen LogP contribution in [-0.4, -0.2) is 74.3 Å². The molecule has 0 rings (SSSR count). The van der Waals surface area contributed by atoms with Crippen molar-refractivity contribution in [2.24, 2.45) is 0 Å². The third kappa shape index (κ3) is 68.4. The molecule has 0 saturated heterocycles. The molecule has 514 valence electrons. The molecule has 87 heavy (non-hydrogen) atoms. The first kappa shape index (κ1) is 85.2. The number of likely N-dealkylation sites (N-methyl/N-ethyl adjacent to an activating group) is 1. The quantitative estimate of drug-likeness (QED) is 0.0205. The molecule has 1 amide bonds. The summed E-state index contributed by atoms with van der Waals surface area (Å²) in [5, 5.41) is 3.09. The molecule has 10 heteroatoms. The number of allylic oxidation sites excluding steroid dienone is 5. The number of phosphoric acid groups is 1. The monoisotopic (exact) mass is 1250 g/mol. The fraction of sp³-hybridized carbons (Fsp3) is 0.896. The molecule has 0 saturated carbocycles. The maximum Gasteiger partial charge on any atom is 0.472 e. The van der Waals surface area contributed by atoms with E-state index < -0.39 is 20.0 Å². The second kappa shape index (κ2) is 67.1. The Hall–Kier alpha value is -1.77. The fourth-order valence-corrected chi connectivity index (χ4v) is 12.4. The van der Waals surface area contributed by atoms with Gasteiger partial charge in [0.1, 0.15) is 19.3 Å². The zero-order valence-corrected chi connectivity index (χ0v) is 59.9. The molecule has 0 bridgehead atoms. The van der Waals surface area contributed by atoms with E-state index in [2.05, 4.69) is 56.5 Å². The van der Waals surface area contributed by atoms with Gasteiger partial charge in [0.25, 0.3) is 0 Å². The van der Waals surface area contributed by atoms with E-state index in [0.29, 0.717) is 23.9 Å². The van der Waals surface area contributed by atoms with Gasteiger partial charge in [-0.05, 0) is 63.9 Å². The number of rotatable bonds is 71. The Balaban J connectivity index is 4.99. The molecule has 3 atom stereocenters. The Morgan fingerprint density at radius 3 is 1.06 bits per heavy atom. The van der Waals surface area contributed by atoms with E-state index in [9.17, 15) is 19.0 Å². The van der Waals surface area contributed by atoms with E-state index in [0.717, 1.165) is 64.2 Å². The summed E-state index contributed by atoms with van der Waals surface area (Å²) >= 11 is 0. The number of carbonyl (C=O) groups is 2. The molecule has 9 nitrogen and oxygen atoms in total. The van der Waals surface area contributed by atoms with E-state index in [4.69, 9.17) is 13.8 Å². The maximum atomic E-state index is 13.6. The summed E-state index contributed by atoms with van der Waals surface area (Å²) in [6, 6.07) is -0.846. The highest BCUT2D eigenvalue weighted by molar-refractivity contribution is 7.47. The van der Waals surface area contributed by atoms with Gasteiger partial charge in [-0.2, -0.15) is 0 Å². The summed E-state index contributed by atoms with van der Waals surface area (Å²) in [5.41, 5.74) is 0. The van der Waals surface area contributed by atoms with Gasteiger partial charge >= 0.3 is 13.8 Å². The highest BCUT2D eigenvalue weighted by Gasteiger charge is 2.30. The molecule has 0 spiro atoms. The van der Waals surface area contributed by atoms with Crippen molar-refractivity contribution in [2.75, 3.05) is 40.9 Å². The highest BCUT2D eigenvalue weighted by Crippen LogP contribution is 2.43. The van der Waals surface area contributed by atoms with Gasteiger partial charge in [0.05, 0.1) is 33.8 Å². The second-order valence-corrected chi connectivity index (χ2v) is 29.0. The average Bonchev–Trinajstić information content (AvgIpc) is 3.69. The normalized spacial score (nSPS) is 13.6. The number of unbranched alkanes of at least 4 members (excludes halogenated alkanes) is 51. The lowest BCUT2D eigenvalue weighted by Crippen LogP contribution is -2.47. The Labute approximate surface area is 542 Å². The Morgan fingerprint density at radius 1 is 0.402 bits per heavy atom. The predicted molar refractivity (Wildman–Crippen MR) is 379 cm³/mol. The topological polar surface area (TPSA) is 111 Å². The van der Waals surface area contributed by atoms with Gasteiger partial charge in [-0.1, -0.05) is 353 Å². The summed E-state index contributed by atoms with van der Waals surface area (Å²) in [5.74, 6) is -0.482. The molecule has 0 heterocycles. The van der Waals surface area contributed by atoms with E-state index in [1.165, 1.54) is 295 Å². The minimum Gasteiger partial charge on any atom is -0.456 e. The molecule has 0 aromatic carbocycles. The van der Waals surface area contributed by atoms with Crippen LogP contribution in [0.25, 0.3) is 0 Å². The number of esters is 1. The van der Waals surface area contributed by atoms with Crippen LogP contribution in [0.1, 0.15) is 393 Å². The van der Waals surface area contributed by atoms with Crippen molar-refractivity contribution in [1.82, 2.24) is 5.32 Å². The fourth-order valence-electron chi connectivity index (χ4n) is 11.7. The SMILES string of the molecule is CCCCC/C=C\C/C=C\CCCCCCCCCCCCCCCC(=O)NC(COP(=O)(O)OCC[N+](C)(C)C)C(/C=C/CCCCCCCCCCCCC)OC(=O)CCCCCCCCCCCCCCCCCCCCCCCCCCC. The molecule has 0 fully saturated rings. The van der Waals surface area contributed by atoms with Gasteiger partial charge in [0, 0.05) is 12.8 Å². The summed E-state index contributed by atoms with van der Waals surface area (Å²) in [7, 11) is 1.52. The minimum atomic E-state index is -4.45. The third-order valence-corrected chi connectivity index (χ3v) is 18.6. The molecule has 0 aromatic rings. The first-order valence-corrected chi connectivity index (χ1v) is 39.8. The summed E-state index contributed by atoms with van der Waals surface area (Å²) in [6.45, 7) is 7.07. The highest BCUT2D eigenvalue weighted by atomic mass is 31.2. The molecule has 3 unspecified atom stereocenters. The lowest BCUT2D eigenvalue weighted by molar-refractivity contribution is -0.870. The molecule has 0 radical (unpaired) electrons. The third-order valence-electron chi connectivity index (χ3n) is 17.6. The van der Waals surface area contributed by atoms with Gasteiger partial charge in [0.2, 0.25) is 5.91 Å². The summed E-state index contributed by atoms with van der Waals surface area (Å²) in [4.78, 5) is 38.0. The van der Waals surface area contributed by atoms with Gasteiger partial charge in [0.15, 0.2) is 0 Å². The predicted octanol–water partition coefficient (Wildman–Crippen LogP) is 24.6. The number of nitrogens with zero attached hydrogens (tertiary/aromatic N) is 1. The van der Waals surface area contributed by atoms with E-state index in [1.807, 2.05) is 27.2 Å². The van der Waals surface area contributed by atoms with E-state index >= 15 is 0 Å². The number of quaternary nitrogens is 1. The van der Waals surface area contributed by atoms with Crippen LogP contribution >= 0.6 is 7.82 Å². The molecular formula is C77H150N2O7P+. The number of ether oxygens (including phenoxy) is 1. The summed E-state index contributed by atoms with van der Waals surface area (Å²) < 4.78 is 30.9. The number of carbonyl (C=O) groups excluding carboxylic acids is 2. The maximum absolute atomic E-state index is 13.6. The molecular weight excluding hydrogens is 1100 g/mol. The lowest BCUT2D eigenvalue weighted by atomic mass is 10.0. The Bertz CT molecular complexity index is 1580. The lowest BCUT2D eigenvalue weighted by Gasteiger charge is -2.27. The van der Waals surface area contributed by atoms with Crippen LogP contribution in [0.15, 0.2) is 36.5 Å². The van der Waals surface area contributed by atoms with Gasteiger partial charge in [-0.15, -0.1) is 0 Å². The zero-order chi connectivity index (χ0) is 63.5. The standard InChI is InChI=1S/C77H149N2O7P/c1-7-10-13-16-19-22-25-28-30-32-34-36-38-39-41-43-45-47-49-52-55-58-61-64-67-70-77(81)86-75(68-65-62-59-56-53-50-27-24-21-18-15-12-9-3)74(73-85-87(82,83)84-72-71-79(4,5)6)78-76(80)69-66-63-60-57-54-51-48-46-44-42-40-37-35-33-31-29-26-23-20-17-14-11-8-2/h20,23,29,31,65,68,74-75H,7-19,21-22,24-28,30,32-64,66-67,69-73H2,1-6H3,(H-,78,80,82,83)/p+1/b23-20-,31-29-,68-65+. The van der Waals surface area contributed by atoms with Gasteiger partial charge in [-0.3, -0.25) is 18.6 Å². The molecule has 2 N–H and O–H groups in total. The Kier molecular flexibility index (Phi) is 65.8. The van der Waals surface area contributed by atoms with Crippen molar-refractivity contribution in [3.05, 3.63) is 36.5 Å². The van der Waals surface area contributed by atoms with Crippen molar-refractivity contribution >= 4 is 19.7 Å². The van der Waals surface area contributed by atoms with Crippen LogP contribution in [0.5, 0.6) is 0 Å². The van der Waals surface area contributed by atoms with Crippen molar-refractivity contribution in [2.45, 2.75) is 405 Å². The smallest absolute Gasteiger partial charge is 0.456 e. The van der Waals surface area contributed by atoms with Gasteiger partial charge in [-0.25, -0.2) is 4.57 Å². The van der Waals surface area contributed by atoms with E-state index in [1.54, 1.807) is 0 Å². The Morgan fingerprint density at radius 2 is 0.701 bits per heavy atom. The van der Waals surface area contributed by atoms with Crippen LogP contribution < -0.4 is 5.32 Å². The number of hydrogen-bond donors (Lipinski definition) is 2. The first-order chi connectivity index (χ1) is 42.4. The first-order valence-electron chi connectivity index (χ1n) is 38.3. The number of nitrogens with one attached hydrogen (secondary N) is 1. The second-order valence-electron chi connectivity index (χ2n) is 27.5. The largest absolute Gasteiger partial charge is 0.472 e. The van der Waals surface area contributed by atoms with Crippen LogP contribution in [0, 0.1) is 0 Å². The number of amides is 1. The van der Waals surface area contributed by atoms with Crippen LogP contribution in [0.2, 0.25) is 0 Å². The van der Waals surface area contributed by atoms with Crippen LogP contribution in [-0.2, 0) is 27.9 Å². The molecule has 0 aliphatic carbocycles. The zero-order valence-electron chi connectivity index (χ0n) is 59.0. The van der Waals surface area contributed by atoms with Crippen molar-refractivity contribution < 1.29 is 37.3 Å². The molecule has 0 aliphatic heterocycles. The van der Waals surface area contributed by atoms with Crippen LogP contribution in [0.4, 0.5) is 0 Å². The van der Waals surface area contributed by atoms with E-state index in [-0.39, 0.29) is 25.1 Å². The van der Waals surface area contributed by atoms with Crippen LogP contribution in [0.3, 0.4) is 0 Å². The van der Waals surface area contributed by atoms with Crippen molar-refractivity contribution in [3.8, 4) is 0 Å².